The van der Waals surface area contributed by atoms with E-state index in [1.807, 2.05) is 30.3 Å². The minimum atomic E-state index is -0.898. The van der Waals surface area contributed by atoms with Gasteiger partial charge in [0.25, 0.3) is 5.91 Å². The Morgan fingerprint density at radius 3 is 2.34 bits per heavy atom. The molecule has 2 aliphatic rings. The summed E-state index contributed by atoms with van der Waals surface area (Å²) in [6, 6.07) is 9.30. The van der Waals surface area contributed by atoms with Crippen molar-refractivity contribution in [1.82, 2.24) is 14.7 Å². The maximum absolute atomic E-state index is 13.0. The quantitative estimate of drug-likeness (QED) is 0.536. The molecule has 3 rings (SSSR count). The Balaban J connectivity index is 1.66. The van der Waals surface area contributed by atoms with Gasteiger partial charge in [-0.3, -0.25) is 19.3 Å². The van der Waals surface area contributed by atoms with Gasteiger partial charge in [-0.15, -0.1) is 0 Å². The van der Waals surface area contributed by atoms with Crippen LogP contribution in [-0.4, -0.2) is 71.3 Å². The molecule has 1 aromatic carbocycles. The molecule has 0 atom stereocenters. The highest BCUT2D eigenvalue weighted by atomic mass is 16.5. The number of hydrogen-bond donors (Lipinski definition) is 0. The van der Waals surface area contributed by atoms with Crippen LogP contribution < -0.4 is 0 Å². The molecule has 29 heavy (non-hydrogen) atoms. The number of urea groups is 1. The highest BCUT2D eigenvalue weighted by Crippen LogP contribution is 2.38. The second-order valence-corrected chi connectivity index (χ2v) is 7.56. The number of amides is 4. The molecule has 2 heterocycles. The summed E-state index contributed by atoms with van der Waals surface area (Å²) in [5.74, 6) is -0.565. The minimum absolute atomic E-state index is 0.0384. The van der Waals surface area contributed by atoms with E-state index in [4.69, 9.17) is 0 Å². The molecule has 0 unspecified atom stereocenters. The Hall–Kier alpha value is -2.90. The van der Waals surface area contributed by atoms with Crippen molar-refractivity contribution in [3.63, 3.8) is 0 Å². The fourth-order valence-corrected chi connectivity index (χ4v) is 4.12. The molecule has 0 radical (unpaired) electrons. The summed E-state index contributed by atoms with van der Waals surface area (Å²) in [5.41, 5.74) is 0.0643. The van der Waals surface area contributed by atoms with Crippen molar-refractivity contribution in [2.45, 2.75) is 44.2 Å². The number of likely N-dealkylation sites (N-methyl/N-ethyl adjacent to an activating group) is 1. The molecule has 0 saturated carbocycles. The van der Waals surface area contributed by atoms with Gasteiger partial charge in [-0.05, 0) is 24.8 Å². The number of esters is 1. The van der Waals surface area contributed by atoms with Crippen LogP contribution in [0.15, 0.2) is 30.3 Å². The van der Waals surface area contributed by atoms with E-state index in [9.17, 15) is 19.2 Å². The van der Waals surface area contributed by atoms with Crippen molar-refractivity contribution < 1.29 is 23.9 Å². The molecule has 2 fully saturated rings. The molecule has 2 saturated heterocycles. The number of imide groups is 1. The van der Waals surface area contributed by atoms with E-state index in [-0.39, 0.29) is 36.7 Å². The van der Waals surface area contributed by atoms with Crippen molar-refractivity contribution in [3.8, 4) is 0 Å². The van der Waals surface area contributed by atoms with E-state index in [0.717, 1.165) is 5.56 Å². The maximum atomic E-state index is 13.0. The number of ether oxygens (including phenoxy) is 1. The van der Waals surface area contributed by atoms with Gasteiger partial charge in [-0.25, -0.2) is 4.79 Å². The first-order valence-corrected chi connectivity index (χ1v) is 9.87. The smallest absolute Gasteiger partial charge is 0.327 e. The molecule has 0 aliphatic carbocycles. The van der Waals surface area contributed by atoms with Gasteiger partial charge < -0.3 is 14.5 Å². The van der Waals surface area contributed by atoms with Gasteiger partial charge in [0, 0.05) is 39.5 Å². The third-order valence-corrected chi connectivity index (χ3v) is 5.86. The maximum Gasteiger partial charge on any atom is 0.327 e. The molecular weight excluding hydrogens is 374 g/mol. The summed E-state index contributed by atoms with van der Waals surface area (Å²) in [4.78, 5) is 53.9. The van der Waals surface area contributed by atoms with Gasteiger partial charge in [-0.1, -0.05) is 30.3 Å². The zero-order valence-electron chi connectivity index (χ0n) is 16.9. The summed E-state index contributed by atoms with van der Waals surface area (Å²) in [6.45, 7) is 1.19. The molecule has 4 amide bonds. The first-order valence-electron chi connectivity index (χ1n) is 9.87. The third kappa shape index (κ3) is 4.11. The zero-order valence-corrected chi connectivity index (χ0v) is 16.9. The van der Waals surface area contributed by atoms with E-state index in [1.54, 1.807) is 9.80 Å². The lowest BCUT2D eigenvalue weighted by Crippen LogP contribution is -2.57. The SMILES string of the molecule is COC(=O)CCCC(=O)N1CCC2(CC1)C(=O)N(C)C(=O)N2Cc1ccccc1. The molecule has 0 bridgehead atoms. The molecule has 8 nitrogen and oxygen atoms in total. The van der Waals surface area contributed by atoms with Gasteiger partial charge in [0.2, 0.25) is 5.91 Å². The van der Waals surface area contributed by atoms with Crippen molar-refractivity contribution in [2.75, 3.05) is 27.2 Å². The number of carbonyl (C=O) groups excluding carboxylic acids is 4. The third-order valence-electron chi connectivity index (χ3n) is 5.86. The summed E-state index contributed by atoms with van der Waals surface area (Å²) in [7, 11) is 2.84. The molecule has 0 aromatic heterocycles. The van der Waals surface area contributed by atoms with Crippen LogP contribution in [0.25, 0.3) is 0 Å². The summed E-state index contributed by atoms with van der Waals surface area (Å²) in [5, 5.41) is 0. The summed E-state index contributed by atoms with van der Waals surface area (Å²) in [6.07, 6.45) is 1.74. The molecule has 0 N–H and O–H groups in total. The normalized spacial score (nSPS) is 18.5. The molecule has 8 heteroatoms. The highest BCUT2D eigenvalue weighted by Gasteiger charge is 2.56. The zero-order chi connectivity index (χ0) is 21.0. The van der Waals surface area contributed by atoms with Gasteiger partial charge in [0.1, 0.15) is 5.54 Å². The van der Waals surface area contributed by atoms with Crippen LogP contribution in [0.4, 0.5) is 4.79 Å². The van der Waals surface area contributed by atoms with Crippen LogP contribution in [0.1, 0.15) is 37.7 Å². The van der Waals surface area contributed by atoms with Gasteiger partial charge in [0.15, 0.2) is 0 Å². The van der Waals surface area contributed by atoms with Gasteiger partial charge in [0.05, 0.1) is 7.11 Å². The highest BCUT2D eigenvalue weighted by molar-refractivity contribution is 6.06. The van der Waals surface area contributed by atoms with E-state index in [0.29, 0.717) is 38.9 Å². The predicted octanol–water partition coefficient (Wildman–Crippen LogP) is 1.79. The average Bonchev–Trinajstić information content (AvgIpc) is 2.91. The van der Waals surface area contributed by atoms with Crippen molar-refractivity contribution >= 4 is 23.8 Å². The number of likely N-dealkylation sites (tertiary alicyclic amines) is 1. The second kappa shape index (κ2) is 8.63. The number of methoxy groups -OCH3 is 1. The lowest BCUT2D eigenvalue weighted by molar-refractivity contribution is -0.142. The number of carbonyl (C=O) groups is 4. The predicted molar refractivity (Wildman–Crippen MR) is 105 cm³/mol. The minimum Gasteiger partial charge on any atom is -0.469 e. The average molecular weight is 401 g/mol. The standard InChI is InChI=1S/C21H27N3O5/c1-22-19(27)21(24(20(22)28)15-16-7-4-3-5-8-16)11-13-23(14-12-21)17(25)9-6-10-18(26)29-2/h3-5,7-8H,6,9-15H2,1-2H3. The number of benzene rings is 1. The van der Waals surface area contributed by atoms with Crippen LogP contribution in [-0.2, 0) is 25.7 Å². The summed E-state index contributed by atoms with van der Waals surface area (Å²) < 4.78 is 4.59. The van der Waals surface area contributed by atoms with Crippen molar-refractivity contribution in [3.05, 3.63) is 35.9 Å². The lowest BCUT2D eigenvalue weighted by atomic mass is 9.85. The Kier molecular flexibility index (Phi) is 6.20. The van der Waals surface area contributed by atoms with Crippen molar-refractivity contribution in [1.29, 1.82) is 0 Å². The summed E-state index contributed by atoms with van der Waals surface area (Å²) >= 11 is 0. The Labute approximate surface area is 170 Å². The van der Waals surface area contributed by atoms with Crippen LogP contribution in [0.3, 0.4) is 0 Å². The number of nitrogens with zero attached hydrogens (tertiary/aromatic N) is 3. The topological polar surface area (TPSA) is 87.2 Å². The monoisotopic (exact) mass is 401 g/mol. The van der Waals surface area contributed by atoms with Crippen LogP contribution in [0.2, 0.25) is 0 Å². The molecule has 1 aromatic rings. The fourth-order valence-electron chi connectivity index (χ4n) is 4.12. The number of rotatable bonds is 6. The Bertz CT molecular complexity index is 787. The van der Waals surface area contributed by atoms with E-state index >= 15 is 0 Å². The molecule has 1 spiro atoms. The number of piperidine rings is 1. The Morgan fingerprint density at radius 1 is 1.07 bits per heavy atom. The molecule has 2 aliphatic heterocycles. The lowest BCUT2D eigenvalue weighted by Gasteiger charge is -2.42. The second-order valence-electron chi connectivity index (χ2n) is 7.56. The Morgan fingerprint density at radius 2 is 1.72 bits per heavy atom. The van der Waals surface area contributed by atoms with Gasteiger partial charge >= 0.3 is 12.0 Å². The first kappa shape index (κ1) is 20.8. The largest absolute Gasteiger partial charge is 0.469 e. The van der Waals surface area contributed by atoms with E-state index in [1.165, 1.54) is 19.1 Å². The van der Waals surface area contributed by atoms with Crippen LogP contribution in [0.5, 0.6) is 0 Å². The number of hydrogen-bond acceptors (Lipinski definition) is 5. The first-order chi connectivity index (χ1) is 13.9. The van der Waals surface area contributed by atoms with E-state index < -0.39 is 5.54 Å². The molecular formula is C21H27N3O5. The fraction of sp³-hybridized carbons (Fsp3) is 0.524. The van der Waals surface area contributed by atoms with Crippen LogP contribution >= 0.6 is 0 Å². The van der Waals surface area contributed by atoms with E-state index in [2.05, 4.69) is 4.74 Å². The van der Waals surface area contributed by atoms with Crippen LogP contribution in [0, 0.1) is 0 Å². The van der Waals surface area contributed by atoms with Gasteiger partial charge in [-0.2, -0.15) is 0 Å². The molecule has 156 valence electrons. The van der Waals surface area contributed by atoms with Crippen molar-refractivity contribution in [2.24, 2.45) is 0 Å².